The number of rotatable bonds is 6. The van der Waals surface area contributed by atoms with Crippen molar-refractivity contribution in [3.63, 3.8) is 0 Å². The molecule has 7 nitrogen and oxygen atoms in total. The van der Waals surface area contributed by atoms with Crippen molar-refractivity contribution in [1.82, 2.24) is 25.4 Å². The molecule has 5 rings (SSSR count). The Morgan fingerprint density at radius 3 is 2.57 bits per heavy atom. The summed E-state index contributed by atoms with van der Waals surface area (Å²) in [6.07, 6.45) is 7.21. The van der Waals surface area contributed by atoms with E-state index in [-0.39, 0.29) is 35.7 Å². The summed E-state index contributed by atoms with van der Waals surface area (Å²) in [5.41, 5.74) is 2.14. The lowest BCUT2D eigenvalue weighted by atomic mass is 10.1. The van der Waals surface area contributed by atoms with Crippen LogP contribution >= 0.6 is 11.6 Å². The molecule has 0 radical (unpaired) electrons. The zero-order valence-corrected chi connectivity index (χ0v) is 17.7. The Kier molecular flexibility index (Phi) is 5.01. The van der Waals surface area contributed by atoms with E-state index in [1.165, 1.54) is 0 Å². The molecule has 2 N–H and O–H groups in total. The third-order valence-electron chi connectivity index (χ3n) is 6.46. The number of hydrogen-bond donors (Lipinski definition) is 2. The third kappa shape index (κ3) is 3.83. The first-order chi connectivity index (χ1) is 14.5. The Balaban J connectivity index is 1.13. The Labute approximate surface area is 180 Å². The lowest BCUT2D eigenvalue weighted by Gasteiger charge is -2.15. The fourth-order valence-corrected chi connectivity index (χ4v) is 4.95. The zero-order chi connectivity index (χ0) is 20.8. The van der Waals surface area contributed by atoms with E-state index in [2.05, 4.69) is 20.7 Å². The van der Waals surface area contributed by atoms with Crippen molar-refractivity contribution in [1.29, 1.82) is 0 Å². The van der Waals surface area contributed by atoms with Gasteiger partial charge >= 0.3 is 0 Å². The van der Waals surface area contributed by atoms with Crippen molar-refractivity contribution in [2.24, 2.45) is 5.92 Å². The zero-order valence-electron chi connectivity index (χ0n) is 17.0. The number of carbonyl (C=O) groups is 2. The largest absolute Gasteiger partial charge is 0.353 e. The van der Waals surface area contributed by atoms with Gasteiger partial charge < -0.3 is 10.6 Å². The summed E-state index contributed by atoms with van der Waals surface area (Å²) in [5, 5.41) is 11.1. The molecule has 2 heterocycles. The number of nitrogens with zero attached hydrogens (tertiary/aromatic N) is 3. The number of aryl methyl sites for hydroxylation is 1. The van der Waals surface area contributed by atoms with E-state index in [1.54, 1.807) is 10.9 Å². The van der Waals surface area contributed by atoms with E-state index in [0.29, 0.717) is 22.5 Å². The second kappa shape index (κ2) is 7.69. The molecule has 2 aromatic rings. The van der Waals surface area contributed by atoms with Gasteiger partial charge in [0.05, 0.1) is 17.3 Å². The molecule has 2 amide bonds. The molecular weight excluding hydrogens is 402 g/mol. The lowest BCUT2D eigenvalue weighted by Crippen LogP contribution is -2.38. The molecule has 4 atom stereocenters. The van der Waals surface area contributed by atoms with Gasteiger partial charge in [0.2, 0.25) is 5.91 Å². The predicted octanol–water partition coefficient (Wildman–Crippen LogP) is 3.15. The molecule has 3 saturated carbocycles. The molecule has 0 unspecified atom stereocenters. The van der Waals surface area contributed by atoms with Gasteiger partial charge in [-0.1, -0.05) is 17.7 Å². The molecule has 0 aliphatic heterocycles. The van der Waals surface area contributed by atoms with Gasteiger partial charge in [0.1, 0.15) is 5.15 Å². The van der Waals surface area contributed by atoms with Gasteiger partial charge in [0.25, 0.3) is 5.91 Å². The molecule has 2 aromatic heterocycles. The van der Waals surface area contributed by atoms with Crippen LogP contribution in [-0.4, -0.2) is 38.7 Å². The van der Waals surface area contributed by atoms with Crippen LogP contribution in [0.2, 0.25) is 5.15 Å². The summed E-state index contributed by atoms with van der Waals surface area (Å²) in [5.74, 6) is 0.186. The molecule has 30 heavy (non-hydrogen) atoms. The Morgan fingerprint density at radius 2 is 1.87 bits per heavy atom. The second-order valence-electron chi connectivity index (χ2n) is 8.82. The fourth-order valence-electron chi connectivity index (χ4n) is 4.55. The van der Waals surface area contributed by atoms with Gasteiger partial charge in [0, 0.05) is 35.8 Å². The predicted molar refractivity (Wildman–Crippen MR) is 112 cm³/mol. The number of halogens is 1. The van der Waals surface area contributed by atoms with E-state index >= 15 is 0 Å². The molecule has 0 saturated heterocycles. The van der Waals surface area contributed by atoms with Gasteiger partial charge in [-0.05, 0) is 57.6 Å². The summed E-state index contributed by atoms with van der Waals surface area (Å²) in [6, 6.07) is 6.30. The summed E-state index contributed by atoms with van der Waals surface area (Å²) >= 11 is 6.43. The first-order valence-electron chi connectivity index (χ1n) is 10.8. The molecule has 3 aliphatic rings. The first kappa shape index (κ1) is 19.5. The highest BCUT2D eigenvalue weighted by molar-refractivity contribution is 6.33. The van der Waals surface area contributed by atoms with Gasteiger partial charge in [-0.2, -0.15) is 5.10 Å². The Hall–Kier alpha value is -2.41. The van der Waals surface area contributed by atoms with Crippen LogP contribution < -0.4 is 10.6 Å². The van der Waals surface area contributed by atoms with E-state index < -0.39 is 0 Å². The van der Waals surface area contributed by atoms with Crippen molar-refractivity contribution in [3.8, 4) is 0 Å². The first-order valence-corrected chi connectivity index (χ1v) is 11.2. The van der Waals surface area contributed by atoms with Gasteiger partial charge in [-0.15, -0.1) is 0 Å². The molecule has 3 fully saturated rings. The Bertz CT molecular complexity index is 971. The van der Waals surface area contributed by atoms with E-state index in [9.17, 15) is 9.59 Å². The fraction of sp³-hybridized carbons (Fsp3) is 0.545. The highest BCUT2D eigenvalue weighted by Gasteiger charge is 2.45. The van der Waals surface area contributed by atoms with Crippen LogP contribution in [0.3, 0.4) is 0 Å². The number of nitrogens with one attached hydrogen (secondary N) is 2. The molecule has 158 valence electrons. The molecular formula is C22H26ClN5O2. The standard InChI is InChI=1S/C22H26ClN5O2/c1-12-19(20(23)28(27-12)15-7-8-15)22(30)26-14-6-5-13(10-14)25-21(29)17-11-16(17)18-4-2-3-9-24-18/h2-4,9,13-17H,5-8,10-11H2,1H3,(H,25,29)(H,26,30)/t13-,14+,16+,17+/m0/s1. The van der Waals surface area contributed by atoms with E-state index in [4.69, 9.17) is 11.6 Å². The molecule has 0 spiro atoms. The molecule has 3 aliphatic carbocycles. The minimum Gasteiger partial charge on any atom is -0.353 e. The van der Waals surface area contributed by atoms with Crippen LogP contribution in [0.1, 0.15) is 72.2 Å². The van der Waals surface area contributed by atoms with Crippen molar-refractivity contribution >= 4 is 23.4 Å². The number of carbonyl (C=O) groups excluding carboxylic acids is 2. The molecule has 0 aromatic carbocycles. The summed E-state index contributed by atoms with van der Waals surface area (Å²) in [4.78, 5) is 29.8. The van der Waals surface area contributed by atoms with Gasteiger partial charge in [0.15, 0.2) is 0 Å². The van der Waals surface area contributed by atoms with E-state index in [0.717, 1.165) is 44.2 Å². The van der Waals surface area contributed by atoms with Crippen molar-refractivity contribution in [2.75, 3.05) is 0 Å². The maximum atomic E-state index is 12.8. The summed E-state index contributed by atoms with van der Waals surface area (Å²) in [6.45, 7) is 1.82. The summed E-state index contributed by atoms with van der Waals surface area (Å²) < 4.78 is 1.77. The van der Waals surface area contributed by atoms with Crippen LogP contribution in [0.25, 0.3) is 0 Å². The average molecular weight is 428 g/mol. The lowest BCUT2D eigenvalue weighted by molar-refractivity contribution is -0.123. The maximum Gasteiger partial charge on any atom is 0.256 e. The quantitative estimate of drug-likeness (QED) is 0.741. The van der Waals surface area contributed by atoms with Crippen LogP contribution in [0.4, 0.5) is 0 Å². The minimum absolute atomic E-state index is 0.0169. The van der Waals surface area contributed by atoms with Crippen molar-refractivity contribution in [3.05, 3.63) is 46.5 Å². The number of aromatic nitrogens is 3. The normalized spacial score (nSPS) is 27.7. The SMILES string of the molecule is Cc1nn(C2CC2)c(Cl)c1C(=O)N[C@@H]1CC[C@H](NC(=O)[C@@H]2C[C@H]2c2ccccn2)C1. The third-order valence-corrected chi connectivity index (χ3v) is 6.82. The van der Waals surface area contributed by atoms with Crippen LogP contribution in [-0.2, 0) is 4.79 Å². The second-order valence-corrected chi connectivity index (χ2v) is 9.18. The maximum absolute atomic E-state index is 12.8. The topological polar surface area (TPSA) is 88.9 Å². The van der Waals surface area contributed by atoms with Crippen LogP contribution in [0, 0.1) is 12.8 Å². The molecule has 8 heteroatoms. The number of pyridine rings is 1. The smallest absolute Gasteiger partial charge is 0.256 e. The van der Waals surface area contributed by atoms with Gasteiger partial charge in [-0.25, -0.2) is 4.68 Å². The Morgan fingerprint density at radius 1 is 1.10 bits per heavy atom. The van der Waals surface area contributed by atoms with Crippen LogP contribution in [0.5, 0.6) is 0 Å². The number of amides is 2. The summed E-state index contributed by atoms with van der Waals surface area (Å²) in [7, 11) is 0. The average Bonchev–Trinajstić information content (AvgIpc) is 3.64. The van der Waals surface area contributed by atoms with Crippen molar-refractivity contribution in [2.45, 2.75) is 69.5 Å². The minimum atomic E-state index is -0.168. The van der Waals surface area contributed by atoms with Gasteiger partial charge in [-0.3, -0.25) is 14.6 Å². The highest BCUT2D eigenvalue weighted by atomic mass is 35.5. The van der Waals surface area contributed by atoms with Crippen molar-refractivity contribution < 1.29 is 9.59 Å². The van der Waals surface area contributed by atoms with E-state index in [1.807, 2.05) is 25.1 Å². The van der Waals surface area contributed by atoms with Crippen LogP contribution in [0.15, 0.2) is 24.4 Å². The number of hydrogen-bond acceptors (Lipinski definition) is 4. The molecule has 0 bridgehead atoms. The highest BCUT2D eigenvalue weighted by Crippen LogP contribution is 2.46. The monoisotopic (exact) mass is 427 g/mol.